The maximum absolute atomic E-state index is 10.1. The summed E-state index contributed by atoms with van der Waals surface area (Å²) in [5, 5.41) is 38.7. The Morgan fingerprint density at radius 2 is 0.760 bits per heavy atom. The van der Waals surface area contributed by atoms with Crippen LogP contribution in [0.15, 0.2) is 84.9 Å². The minimum absolute atomic E-state index is 0. The van der Waals surface area contributed by atoms with Crippen LogP contribution in [0.1, 0.15) is 128 Å². The molecule has 2 N–H and O–H groups in total. The first-order valence-corrected chi connectivity index (χ1v) is 16.6. The van der Waals surface area contributed by atoms with Gasteiger partial charge in [-0.3, -0.25) is 0 Å². The van der Waals surface area contributed by atoms with E-state index in [9.17, 15) is 21.0 Å². The van der Waals surface area contributed by atoms with E-state index in [0.29, 0.717) is 11.1 Å². The van der Waals surface area contributed by atoms with Gasteiger partial charge in [-0.2, -0.15) is 36.7 Å². The van der Waals surface area contributed by atoms with E-state index in [-0.39, 0.29) is 62.6 Å². The van der Waals surface area contributed by atoms with E-state index in [0.717, 1.165) is 34.7 Å². The largest absolute Gasteiger partial charge is 0.810 e. The molecule has 273 valence electrons. The third-order valence-electron chi connectivity index (χ3n) is 7.97. The smallest absolute Gasteiger partial charge is 0.124 e. The molecule has 4 aromatic carbocycles. The van der Waals surface area contributed by atoms with E-state index < -0.39 is 0 Å². The summed E-state index contributed by atoms with van der Waals surface area (Å²) >= 11 is 0. The normalized spacial score (nSPS) is 11.2. The van der Waals surface area contributed by atoms with Crippen LogP contribution in [0.25, 0.3) is 10.8 Å². The number of aromatic hydroxyl groups is 2. The molecule has 1 radical (unpaired) electrons. The van der Waals surface area contributed by atoms with Gasteiger partial charge < -0.3 is 21.0 Å². The van der Waals surface area contributed by atoms with Crippen LogP contribution in [-0.4, -0.2) is 22.6 Å². The Kier molecular flexibility index (Phi) is 17.7. The summed E-state index contributed by atoms with van der Waals surface area (Å²) in [4.78, 5) is 0. The fourth-order valence-electron chi connectivity index (χ4n) is 4.84. The number of phenolic OH excluding ortho intramolecular Hbond substituents is 2. The third kappa shape index (κ3) is 13.9. The second-order valence-corrected chi connectivity index (χ2v) is 16.3. The maximum Gasteiger partial charge on any atom is 0.124 e. The Morgan fingerprint density at radius 1 is 0.480 bits per heavy atom. The monoisotopic (exact) mass is 735 g/mol. The molecular formula is C44H57ClMnN2O2-4. The zero-order chi connectivity index (χ0) is 36.5. The van der Waals surface area contributed by atoms with Crippen molar-refractivity contribution >= 4 is 24.8 Å². The van der Waals surface area contributed by atoms with Gasteiger partial charge in [-0.15, -0.1) is 36.7 Å². The van der Waals surface area contributed by atoms with E-state index in [2.05, 4.69) is 120 Å². The van der Waals surface area contributed by atoms with Crippen molar-refractivity contribution in [2.75, 3.05) is 0 Å². The maximum atomic E-state index is 10.1. The molecule has 4 nitrogen and oxygen atoms in total. The van der Waals surface area contributed by atoms with Crippen LogP contribution in [0.5, 0.6) is 11.5 Å². The van der Waals surface area contributed by atoms with Crippen LogP contribution in [0.2, 0.25) is 0 Å². The minimum Gasteiger partial charge on any atom is -0.810 e. The molecular weight excluding hydrogens is 679 g/mol. The second-order valence-electron chi connectivity index (χ2n) is 16.3. The third-order valence-corrected chi connectivity index (χ3v) is 7.97. The van der Waals surface area contributed by atoms with Gasteiger partial charge in [0.05, 0.1) is 0 Å². The molecule has 0 amide bonds. The number of nitrogens with zero attached hydrogens (tertiary/aromatic N) is 2. The first-order valence-electron chi connectivity index (χ1n) is 16.6. The molecule has 0 bridgehead atoms. The molecule has 0 atom stereocenters. The molecule has 6 heteroatoms. The topological polar surface area (TPSA) is 85.1 Å². The summed E-state index contributed by atoms with van der Waals surface area (Å²) < 4.78 is 0. The molecule has 0 aromatic heterocycles. The Morgan fingerprint density at radius 3 is 0.980 bits per heavy atom. The van der Waals surface area contributed by atoms with Gasteiger partial charge >= 0.3 is 0 Å². The molecule has 0 aliphatic carbocycles. The number of hydrogen-bond acceptors (Lipinski definition) is 2. The number of rotatable bonds is 5. The van der Waals surface area contributed by atoms with E-state index in [1.807, 2.05) is 60.7 Å². The average molecular weight is 736 g/mol. The fourth-order valence-corrected chi connectivity index (χ4v) is 4.84. The summed E-state index contributed by atoms with van der Waals surface area (Å²) in [6, 6.07) is 28.4. The van der Waals surface area contributed by atoms with Crippen molar-refractivity contribution in [1.82, 2.24) is 0 Å². The van der Waals surface area contributed by atoms with Crippen LogP contribution in [0.4, 0.5) is 0 Å². The second kappa shape index (κ2) is 19.1. The van der Waals surface area contributed by atoms with Crippen molar-refractivity contribution < 1.29 is 27.3 Å². The minimum atomic E-state index is -0.150. The molecule has 0 saturated carbocycles. The fraction of sp³-hybridized carbons (Fsp3) is 0.364. The molecule has 0 spiro atoms. The zero-order valence-electron chi connectivity index (χ0n) is 32.0. The summed E-state index contributed by atoms with van der Waals surface area (Å²) in [6.45, 7) is 25.0. The van der Waals surface area contributed by atoms with Gasteiger partial charge in [0.2, 0.25) is 0 Å². The number of phenols is 2. The van der Waals surface area contributed by atoms with Gasteiger partial charge in [-0.25, -0.2) is 24.0 Å². The van der Waals surface area contributed by atoms with Crippen LogP contribution >= 0.6 is 12.4 Å². The van der Waals surface area contributed by atoms with Crippen molar-refractivity contribution in [3.8, 4) is 11.5 Å². The van der Waals surface area contributed by atoms with Crippen molar-refractivity contribution in [1.29, 1.82) is 0 Å². The molecule has 0 aliphatic heterocycles. The average Bonchev–Trinajstić information content (AvgIpc) is 2.99. The Bertz CT molecular complexity index is 1520. The van der Waals surface area contributed by atoms with Gasteiger partial charge in [-0.1, -0.05) is 107 Å². The molecule has 4 aromatic rings. The van der Waals surface area contributed by atoms with E-state index in [4.69, 9.17) is 0 Å². The Hall–Kier alpha value is -3.63. The number of halogens is 1. The summed E-state index contributed by atoms with van der Waals surface area (Å²) in [5.74, 6) is 0.348. The molecule has 0 aliphatic rings. The molecule has 0 saturated heterocycles. The Labute approximate surface area is 320 Å². The molecule has 0 fully saturated rings. The summed E-state index contributed by atoms with van der Waals surface area (Å²) in [6.07, 6.45) is 6.18. The van der Waals surface area contributed by atoms with Crippen molar-refractivity contribution in [2.45, 2.75) is 105 Å². The summed E-state index contributed by atoms with van der Waals surface area (Å²) in [5.41, 5.74) is 7.08. The summed E-state index contributed by atoms with van der Waals surface area (Å²) in [7, 11) is 0. The zero-order valence-corrected chi connectivity index (χ0v) is 34.0. The van der Waals surface area contributed by atoms with E-state index in [1.54, 1.807) is 0 Å². The van der Waals surface area contributed by atoms with Crippen molar-refractivity contribution in [3.63, 3.8) is 0 Å². The molecule has 0 unspecified atom stereocenters. The van der Waals surface area contributed by atoms with Crippen LogP contribution in [-0.2, 0) is 38.7 Å². The first-order chi connectivity index (χ1) is 22.1. The van der Waals surface area contributed by atoms with Crippen LogP contribution in [0.3, 0.4) is 0 Å². The first kappa shape index (κ1) is 46.4. The predicted octanol–water partition coefficient (Wildman–Crippen LogP) is 11.9. The molecule has 4 rings (SSSR count). The standard InChI is InChI=1S/2C15H22NO.C14H12.ClH.Mn/c2*1-14(2,3)11-7-10(9-16)13(17)12(8-11)15(4,5)6;1-3-7-13(8-4-1)11-12-14-9-5-2-6-10-14;;/h2*7-9,17H,1-6H3;1-12H;1H;/q2*-1;-2;;. The van der Waals surface area contributed by atoms with Gasteiger partial charge in [-0.05, 0) is 56.0 Å². The predicted molar refractivity (Wildman–Crippen MR) is 215 cm³/mol. The van der Waals surface area contributed by atoms with E-state index >= 15 is 0 Å². The molecule has 0 heterocycles. The van der Waals surface area contributed by atoms with Gasteiger partial charge in [0.15, 0.2) is 0 Å². The quantitative estimate of drug-likeness (QED) is 0.121. The van der Waals surface area contributed by atoms with Crippen molar-refractivity contribution in [2.24, 2.45) is 0 Å². The number of hydrogen-bond donors (Lipinski definition) is 2. The van der Waals surface area contributed by atoms with Crippen LogP contribution < -0.4 is 0 Å². The van der Waals surface area contributed by atoms with Crippen molar-refractivity contribution in [3.05, 3.63) is 153 Å². The SMILES string of the molecule is CC(C)(C)c1cc(C=[N-])c(O)c(C(C)(C)C)c1.CC(C)(C)c1cc(C=[N-])c(O)c(C(C)(C)C)c1.Cl.[Mn].c1ccc([CH-][CH-]c2ccccc2)cc1. The van der Waals surface area contributed by atoms with Gasteiger partial charge in [0.1, 0.15) is 11.5 Å². The van der Waals surface area contributed by atoms with E-state index in [1.165, 1.54) is 11.1 Å². The Balaban J connectivity index is 0.000000709. The van der Waals surface area contributed by atoms with Gasteiger partial charge in [0.25, 0.3) is 0 Å². The number of benzene rings is 4. The van der Waals surface area contributed by atoms with Crippen LogP contribution in [0, 0.1) is 12.8 Å². The molecule has 50 heavy (non-hydrogen) atoms. The van der Waals surface area contributed by atoms with Gasteiger partial charge in [0, 0.05) is 28.2 Å².